The van der Waals surface area contributed by atoms with Crippen LogP contribution < -0.4 is 5.32 Å². The van der Waals surface area contributed by atoms with Crippen LogP contribution in [0.5, 0.6) is 0 Å². The molecule has 2 N–H and O–H groups in total. The third-order valence-corrected chi connectivity index (χ3v) is 3.08. The van der Waals surface area contributed by atoms with Crippen LogP contribution in [0.1, 0.15) is 13.8 Å². The van der Waals surface area contributed by atoms with Gasteiger partial charge in [-0.1, -0.05) is 0 Å². The minimum Gasteiger partial charge on any atom is -0.481 e. The fourth-order valence-corrected chi connectivity index (χ4v) is 1.59. The van der Waals surface area contributed by atoms with Gasteiger partial charge >= 0.3 is 18.0 Å². The lowest BCUT2D eigenvalue weighted by Gasteiger charge is -2.32. The lowest BCUT2D eigenvalue weighted by molar-refractivity contribution is -0.158. The summed E-state index contributed by atoms with van der Waals surface area (Å²) in [5.74, 6) is -1.53. The van der Waals surface area contributed by atoms with E-state index in [0.717, 1.165) is 0 Å². The first-order valence-corrected chi connectivity index (χ1v) is 6.23. The van der Waals surface area contributed by atoms with Crippen LogP contribution >= 0.6 is 0 Å². The molecule has 1 aliphatic rings. The zero-order valence-electron chi connectivity index (χ0n) is 11.8. The fraction of sp³-hybridized carbons (Fsp3) is 0.750. The summed E-state index contributed by atoms with van der Waals surface area (Å²) in [6.45, 7) is 3.70. The molecular weight excluding hydrogens is 268 g/mol. The van der Waals surface area contributed by atoms with E-state index in [1.807, 2.05) is 0 Å². The molecule has 0 saturated carbocycles. The smallest absolute Gasteiger partial charge is 0.336 e. The minimum atomic E-state index is -1.05. The number of nitrogens with one attached hydrogen (secondary N) is 1. The standard InChI is InChI=1S/C12H20N2O6/c1-12(2,10(16)17)7-13-11(18)14-4-5-20-8(6-14)9(15)19-3/h8H,4-7H2,1-3H3,(H,13,18)(H,16,17). The van der Waals surface area contributed by atoms with Gasteiger partial charge in [-0.3, -0.25) is 4.79 Å². The number of carboxylic acid groups (broad SMARTS) is 1. The number of hydrogen-bond acceptors (Lipinski definition) is 5. The largest absolute Gasteiger partial charge is 0.481 e. The van der Waals surface area contributed by atoms with Crippen LogP contribution in [0.2, 0.25) is 0 Å². The van der Waals surface area contributed by atoms with E-state index in [9.17, 15) is 14.4 Å². The highest BCUT2D eigenvalue weighted by Crippen LogP contribution is 2.14. The first-order chi connectivity index (χ1) is 9.27. The Morgan fingerprint density at radius 2 is 2.10 bits per heavy atom. The first kappa shape index (κ1) is 16.2. The summed E-state index contributed by atoms with van der Waals surface area (Å²) in [5, 5.41) is 11.5. The number of hydrogen-bond donors (Lipinski definition) is 2. The van der Waals surface area contributed by atoms with Crippen molar-refractivity contribution in [3.63, 3.8) is 0 Å². The second-order valence-corrected chi connectivity index (χ2v) is 5.18. The molecule has 0 aromatic rings. The molecule has 1 atom stereocenters. The molecule has 0 spiro atoms. The third kappa shape index (κ3) is 4.09. The molecule has 0 radical (unpaired) electrons. The Morgan fingerprint density at radius 1 is 1.45 bits per heavy atom. The number of urea groups is 1. The molecule has 0 aromatic heterocycles. The van der Waals surface area contributed by atoms with Crippen molar-refractivity contribution in [2.24, 2.45) is 5.41 Å². The van der Waals surface area contributed by atoms with Gasteiger partial charge in [0.15, 0.2) is 6.10 Å². The van der Waals surface area contributed by atoms with Crippen molar-refractivity contribution in [2.45, 2.75) is 20.0 Å². The summed E-state index contributed by atoms with van der Waals surface area (Å²) in [6, 6.07) is -0.420. The summed E-state index contributed by atoms with van der Waals surface area (Å²) < 4.78 is 9.77. The zero-order chi connectivity index (χ0) is 15.3. The van der Waals surface area contributed by atoms with Crippen molar-refractivity contribution >= 4 is 18.0 Å². The fourth-order valence-electron chi connectivity index (χ4n) is 1.59. The van der Waals surface area contributed by atoms with E-state index < -0.39 is 29.5 Å². The molecule has 1 heterocycles. The van der Waals surface area contributed by atoms with Crippen LogP contribution in [-0.2, 0) is 19.1 Å². The highest BCUT2D eigenvalue weighted by atomic mass is 16.6. The highest BCUT2D eigenvalue weighted by molar-refractivity contribution is 5.79. The number of methoxy groups -OCH3 is 1. The number of esters is 1. The van der Waals surface area contributed by atoms with Gasteiger partial charge in [0.2, 0.25) is 0 Å². The summed E-state index contributed by atoms with van der Waals surface area (Å²) >= 11 is 0. The Balaban J connectivity index is 2.51. The molecule has 0 bridgehead atoms. The molecule has 1 saturated heterocycles. The van der Waals surface area contributed by atoms with E-state index in [-0.39, 0.29) is 19.7 Å². The van der Waals surface area contributed by atoms with Crippen molar-refractivity contribution in [1.82, 2.24) is 10.2 Å². The van der Waals surface area contributed by atoms with Crippen LogP contribution in [0, 0.1) is 5.41 Å². The quantitative estimate of drug-likeness (QED) is 0.687. The topological polar surface area (TPSA) is 105 Å². The molecule has 20 heavy (non-hydrogen) atoms. The van der Waals surface area contributed by atoms with Gasteiger partial charge in [-0.2, -0.15) is 0 Å². The number of ether oxygens (including phenoxy) is 2. The van der Waals surface area contributed by atoms with Gasteiger partial charge in [-0.15, -0.1) is 0 Å². The number of morpholine rings is 1. The molecular formula is C12H20N2O6. The number of carbonyl (C=O) groups excluding carboxylic acids is 2. The molecule has 8 heteroatoms. The number of carbonyl (C=O) groups is 3. The average molecular weight is 288 g/mol. The molecule has 1 rings (SSSR count). The monoisotopic (exact) mass is 288 g/mol. The normalized spacial score (nSPS) is 19.4. The van der Waals surface area contributed by atoms with Crippen LogP contribution in [-0.4, -0.2) is 67.4 Å². The second-order valence-electron chi connectivity index (χ2n) is 5.18. The van der Waals surface area contributed by atoms with E-state index >= 15 is 0 Å². The van der Waals surface area contributed by atoms with Crippen LogP contribution in [0.3, 0.4) is 0 Å². The van der Waals surface area contributed by atoms with Crippen LogP contribution in [0.25, 0.3) is 0 Å². The third-order valence-electron chi connectivity index (χ3n) is 3.08. The number of rotatable bonds is 4. The van der Waals surface area contributed by atoms with E-state index in [2.05, 4.69) is 10.1 Å². The van der Waals surface area contributed by atoms with Gasteiger partial charge in [0.25, 0.3) is 0 Å². The van der Waals surface area contributed by atoms with E-state index in [1.54, 1.807) is 0 Å². The summed E-state index contributed by atoms with van der Waals surface area (Å²) in [7, 11) is 1.25. The van der Waals surface area contributed by atoms with Gasteiger partial charge in [0.1, 0.15) is 0 Å². The van der Waals surface area contributed by atoms with Crippen molar-refractivity contribution in [1.29, 1.82) is 0 Å². The second kappa shape index (κ2) is 6.56. The number of amides is 2. The van der Waals surface area contributed by atoms with Gasteiger partial charge in [-0.05, 0) is 13.8 Å². The highest BCUT2D eigenvalue weighted by Gasteiger charge is 2.32. The van der Waals surface area contributed by atoms with Crippen molar-refractivity contribution in [2.75, 3.05) is 33.4 Å². The Hall–Kier alpha value is -1.83. The first-order valence-electron chi connectivity index (χ1n) is 6.23. The molecule has 1 fully saturated rings. The molecule has 8 nitrogen and oxygen atoms in total. The molecule has 1 unspecified atom stereocenters. The summed E-state index contributed by atoms with van der Waals surface area (Å²) in [4.78, 5) is 35.6. The predicted molar refractivity (Wildman–Crippen MR) is 68.1 cm³/mol. The van der Waals surface area contributed by atoms with Crippen LogP contribution in [0.4, 0.5) is 4.79 Å². The maximum Gasteiger partial charge on any atom is 0.336 e. The maximum absolute atomic E-state index is 11.9. The summed E-state index contributed by atoms with van der Waals surface area (Å²) in [5.41, 5.74) is -1.05. The Kier molecular flexibility index (Phi) is 5.32. The maximum atomic E-state index is 11.9. The molecule has 114 valence electrons. The SMILES string of the molecule is COC(=O)C1CN(C(=O)NCC(C)(C)C(=O)O)CCO1. The van der Waals surface area contributed by atoms with Crippen LogP contribution in [0.15, 0.2) is 0 Å². The Morgan fingerprint density at radius 3 is 2.65 bits per heavy atom. The van der Waals surface area contributed by atoms with E-state index in [1.165, 1.54) is 25.9 Å². The molecule has 2 amide bonds. The van der Waals surface area contributed by atoms with Crippen molar-refractivity contribution in [3.8, 4) is 0 Å². The predicted octanol–water partition coefficient (Wildman–Crippen LogP) is -0.319. The Bertz CT molecular complexity index is 395. The number of aliphatic carboxylic acids is 1. The van der Waals surface area contributed by atoms with E-state index in [4.69, 9.17) is 9.84 Å². The van der Waals surface area contributed by atoms with Gasteiger partial charge in [0.05, 0.1) is 25.7 Å². The van der Waals surface area contributed by atoms with Gasteiger partial charge in [0, 0.05) is 13.1 Å². The van der Waals surface area contributed by atoms with Gasteiger partial charge in [-0.25, -0.2) is 9.59 Å². The molecule has 0 aliphatic carbocycles. The number of nitrogens with zero attached hydrogens (tertiary/aromatic N) is 1. The zero-order valence-corrected chi connectivity index (χ0v) is 11.8. The molecule has 0 aromatic carbocycles. The lowest BCUT2D eigenvalue weighted by atomic mass is 9.94. The van der Waals surface area contributed by atoms with Crippen molar-refractivity contribution in [3.05, 3.63) is 0 Å². The average Bonchev–Trinajstić information content (AvgIpc) is 2.43. The lowest BCUT2D eigenvalue weighted by Crippen LogP contribution is -2.53. The Labute approximate surface area is 117 Å². The van der Waals surface area contributed by atoms with Gasteiger partial charge < -0.3 is 24.8 Å². The molecule has 1 aliphatic heterocycles. The summed E-state index contributed by atoms with van der Waals surface area (Å²) in [6.07, 6.45) is -0.799. The van der Waals surface area contributed by atoms with Crippen molar-refractivity contribution < 1.29 is 29.0 Å². The minimum absolute atomic E-state index is 0.00140. The number of carboxylic acids is 1. The van der Waals surface area contributed by atoms with E-state index in [0.29, 0.717) is 6.54 Å².